The van der Waals surface area contributed by atoms with Gasteiger partial charge in [-0.3, -0.25) is 0 Å². The molecular weight excluding hydrogens is 399 g/mol. The molecule has 1 aliphatic rings. The van der Waals surface area contributed by atoms with E-state index in [0.29, 0.717) is 11.6 Å². The molecule has 1 fully saturated rings. The first-order chi connectivity index (χ1) is 12.7. The third-order valence-electron chi connectivity index (χ3n) is 4.32. The van der Waals surface area contributed by atoms with Crippen LogP contribution >= 0.6 is 15.9 Å². The van der Waals surface area contributed by atoms with Crippen LogP contribution in [0.25, 0.3) is 10.9 Å². The summed E-state index contributed by atoms with van der Waals surface area (Å²) in [4.78, 5) is 8.95. The number of anilines is 2. The largest absolute Gasteiger partial charge is 0.488 e. The van der Waals surface area contributed by atoms with Gasteiger partial charge in [0, 0.05) is 21.7 Å². The molecule has 0 atom stereocenters. The van der Waals surface area contributed by atoms with Crippen molar-refractivity contribution in [2.75, 3.05) is 18.4 Å². The van der Waals surface area contributed by atoms with Gasteiger partial charge < -0.3 is 15.4 Å². The first-order valence-electron chi connectivity index (χ1n) is 8.54. The monoisotopic (exact) mass is 416 g/mol. The van der Waals surface area contributed by atoms with Crippen molar-refractivity contribution in [3.63, 3.8) is 0 Å². The van der Waals surface area contributed by atoms with Gasteiger partial charge in [0.25, 0.3) is 0 Å². The topological polar surface area (TPSA) is 59.1 Å². The Balaban J connectivity index is 1.67. The maximum atomic E-state index is 13.4. The molecule has 0 radical (unpaired) electrons. The maximum absolute atomic E-state index is 13.4. The molecule has 1 saturated heterocycles. The van der Waals surface area contributed by atoms with E-state index in [9.17, 15) is 4.39 Å². The number of nitrogens with zero attached hydrogens (tertiary/aromatic N) is 2. The summed E-state index contributed by atoms with van der Waals surface area (Å²) in [6.45, 7) is 1.92. The van der Waals surface area contributed by atoms with E-state index in [1.54, 1.807) is 18.3 Å². The summed E-state index contributed by atoms with van der Waals surface area (Å²) in [5.74, 6) is 0.824. The van der Waals surface area contributed by atoms with E-state index in [1.165, 1.54) is 12.1 Å². The Morgan fingerprint density at radius 2 is 2.04 bits per heavy atom. The second-order valence-electron chi connectivity index (χ2n) is 6.20. The molecule has 1 aliphatic heterocycles. The van der Waals surface area contributed by atoms with Crippen molar-refractivity contribution in [2.45, 2.75) is 18.9 Å². The highest BCUT2D eigenvalue weighted by atomic mass is 79.9. The van der Waals surface area contributed by atoms with Gasteiger partial charge in [-0.2, -0.15) is 0 Å². The Labute approximate surface area is 159 Å². The highest BCUT2D eigenvalue weighted by Crippen LogP contribution is 2.32. The number of nitrogens with one attached hydrogen (secondary N) is 2. The maximum Gasteiger partial charge on any atom is 0.227 e. The van der Waals surface area contributed by atoms with Crippen LogP contribution in [0.5, 0.6) is 5.75 Å². The SMILES string of the molecule is Fc1cccc(Nc2ncc3c(Br)ccc(OC4CCNCC4)c3n2)c1. The number of hydrogen-bond acceptors (Lipinski definition) is 5. The molecule has 0 bridgehead atoms. The minimum Gasteiger partial charge on any atom is -0.488 e. The molecule has 0 unspecified atom stereocenters. The van der Waals surface area contributed by atoms with E-state index in [2.05, 4.69) is 36.5 Å². The average molecular weight is 417 g/mol. The highest BCUT2D eigenvalue weighted by molar-refractivity contribution is 9.10. The molecule has 134 valence electrons. The molecule has 0 saturated carbocycles. The summed E-state index contributed by atoms with van der Waals surface area (Å²) in [7, 11) is 0. The fraction of sp³-hybridized carbons (Fsp3) is 0.263. The first kappa shape index (κ1) is 17.2. The number of ether oxygens (including phenoxy) is 1. The summed E-state index contributed by atoms with van der Waals surface area (Å²) in [6.07, 6.45) is 3.85. The van der Waals surface area contributed by atoms with E-state index in [4.69, 9.17) is 4.74 Å². The third-order valence-corrected chi connectivity index (χ3v) is 5.01. The Morgan fingerprint density at radius 3 is 2.85 bits per heavy atom. The predicted molar refractivity (Wildman–Crippen MR) is 103 cm³/mol. The number of fused-ring (bicyclic) bond motifs is 1. The molecule has 5 nitrogen and oxygen atoms in total. The van der Waals surface area contributed by atoms with Gasteiger partial charge in [-0.25, -0.2) is 14.4 Å². The minimum atomic E-state index is -0.312. The van der Waals surface area contributed by atoms with Crippen molar-refractivity contribution in [3.8, 4) is 5.75 Å². The number of rotatable bonds is 4. The summed E-state index contributed by atoms with van der Waals surface area (Å²) in [5.41, 5.74) is 1.33. The van der Waals surface area contributed by atoms with Crippen molar-refractivity contribution in [2.24, 2.45) is 0 Å². The van der Waals surface area contributed by atoms with E-state index >= 15 is 0 Å². The van der Waals surface area contributed by atoms with Crippen molar-refractivity contribution in [3.05, 3.63) is 52.9 Å². The van der Waals surface area contributed by atoms with Crippen LogP contribution in [0.15, 0.2) is 47.1 Å². The van der Waals surface area contributed by atoms with Gasteiger partial charge in [0.2, 0.25) is 5.95 Å². The summed E-state index contributed by atoms with van der Waals surface area (Å²) < 4.78 is 20.5. The van der Waals surface area contributed by atoms with Crippen LogP contribution in [0, 0.1) is 5.82 Å². The lowest BCUT2D eigenvalue weighted by atomic mass is 10.1. The third kappa shape index (κ3) is 3.78. The molecule has 0 aliphatic carbocycles. The Morgan fingerprint density at radius 1 is 1.19 bits per heavy atom. The van der Waals surface area contributed by atoms with E-state index < -0.39 is 0 Å². The van der Waals surface area contributed by atoms with Gasteiger partial charge in [0.15, 0.2) is 0 Å². The zero-order valence-electron chi connectivity index (χ0n) is 14.0. The molecule has 0 spiro atoms. The molecule has 0 amide bonds. The first-order valence-corrected chi connectivity index (χ1v) is 9.33. The van der Waals surface area contributed by atoms with Crippen LogP contribution in [0.1, 0.15) is 12.8 Å². The second-order valence-corrected chi connectivity index (χ2v) is 7.06. The summed E-state index contributed by atoms with van der Waals surface area (Å²) in [6, 6.07) is 10.1. The lowest BCUT2D eigenvalue weighted by Gasteiger charge is -2.24. The van der Waals surface area contributed by atoms with Gasteiger partial charge in [0.1, 0.15) is 23.2 Å². The molecule has 7 heteroatoms. The zero-order valence-corrected chi connectivity index (χ0v) is 15.6. The van der Waals surface area contributed by atoms with Gasteiger partial charge in [-0.1, -0.05) is 22.0 Å². The molecular formula is C19H18BrFN4O. The summed E-state index contributed by atoms with van der Waals surface area (Å²) >= 11 is 3.54. The number of aromatic nitrogens is 2. The standard InChI is InChI=1S/C19H18BrFN4O/c20-16-4-5-17(26-14-6-8-22-9-7-14)18-15(16)11-23-19(25-18)24-13-3-1-2-12(21)10-13/h1-5,10-11,14,22H,6-9H2,(H,23,24,25). The zero-order chi connectivity index (χ0) is 17.9. The second kappa shape index (κ2) is 7.55. The molecule has 2 N–H and O–H groups in total. The summed E-state index contributed by atoms with van der Waals surface area (Å²) in [5, 5.41) is 7.25. The molecule has 26 heavy (non-hydrogen) atoms. The number of benzene rings is 2. The van der Waals surface area contributed by atoms with Crippen LogP contribution in [-0.2, 0) is 0 Å². The normalized spacial score (nSPS) is 15.2. The quantitative estimate of drug-likeness (QED) is 0.659. The lowest BCUT2D eigenvalue weighted by Crippen LogP contribution is -2.34. The smallest absolute Gasteiger partial charge is 0.227 e. The fourth-order valence-corrected chi connectivity index (χ4v) is 3.43. The van der Waals surface area contributed by atoms with Gasteiger partial charge >= 0.3 is 0 Å². The molecule has 3 aromatic rings. The predicted octanol–water partition coefficient (Wildman–Crippen LogP) is 4.41. The van der Waals surface area contributed by atoms with E-state index in [0.717, 1.165) is 47.1 Å². The van der Waals surface area contributed by atoms with Crippen molar-refractivity contribution < 1.29 is 9.13 Å². The van der Waals surface area contributed by atoms with Crippen molar-refractivity contribution >= 4 is 38.5 Å². The van der Waals surface area contributed by atoms with Crippen LogP contribution < -0.4 is 15.4 Å². The van der Waals surface area contributed by atoms with Crippen molar-refractivity contribution in [1.29, 1.82) is 0 Å². The number of piperidine rings is 1. The Bertz CT molecular complexity index is 931. The van der Waals surface area contributed by atoms with Crippen LogP contribution in [0.2, 0.25) is 0 Å². The minimum absolute atomic E-state index is 0.176. The van der Waals surface area contributed by atoms with Crippen LogP contribution in [-0.4, -0.2) is 29.2 Å². The molecule has 2 aromatic carbocycles. The fourth-order valence-electron chi connectivity index (χ4n) is 3.01. The van der Waals surface area contributed by atoms with Crippen LogP contribution in [0.3, 0.4) is 0 Å². The molecule has 2 heterocycles. The van der Waals surface area contributed by atoms with E-state index in [1.807, 2.05) is 12.1 Å². The Kier molecular flexibility index (Phi) is 4.99. The number of hydrogen-bond donors (Lipinski definition) is 2. The highest BCUT2D eigenvalue weighted by Gasteiger charge is 2.17. The van der Waals surface area contributed by atoms with Crippen LogP contribution in [0.4, 0.5) is 16.0 Å². The average Bonchev–Trinajstić information content (AvgIpc) is 2.65. The van der Waals surface area contributed by atoms with Gasteiger partial charge in [-0.05, 0) is 56.3 Å². The van der Waals surface area contributed by atoms with E-state index in [-0.39, 0.29) is 11.9 Å². The molecule has 4 rings (SSSR count). The van der Waals surface area contributed by atoms with Gasteiger partial charge in [-0.15, -0.1) is 0 Å². The lowest BCUT2D eigenvalue weighted by molar-refractivity contribution is 0.164. The van der Waals surface area contributed by atoms with Crippen molar-refractivity contribution in [1.82, 2.24) is 15.3 Å². The molecule has 1 aromatic heterocycles. The Hall–Kier alpha value is -2.25. The van der Waals surface area contributed by atoms with Gasteiger partial charge in [0.05, 0.1) is 0 Å². The number of halogens is 2.